The highest BCUT2D eigenvalue weighted by Crippen LogP contribution is 2.20. The van der Waals surface area contributed by atoms with E-state index in [-0.39, 0.29) is 49.6 Å². The van der Waals surface area contributed by atoms with Crippen LogP contribution >= 0.6 is 0 Å². The fraction of sp³-hybridized carbons (Fsp3) is 0.625. The minimum Gasteiger partial charge on any atom is -0.480 e. The van der Waals surface area contributed by atoms with Crippen molar-refractivity contribution in [3.63, 3.8) is 0 Å². The number of rotatable bonds is 7. The summed E-state index contributed by atoms with van der Waals surface area (Å²) in [5.74, 6) is -0.229. The van der Waals surface area contributed by atoms with Crippen LogP contribution in [0.25, 0.3) is 0 Å². The van der Waals surface area contributed by atoms with Crippen molar-refractivity contribution in [1.82, 2.24) is 19.4 Å². The monoisotopic (exact) mass is 398 g/mol. The number of hydrogen-bond donors (Lipinski definition) is 0. The molecule has 0 saturated carbocycles. The topological polar surface area (TPSA) is 119 Å². The molecule has 0 aliphatic carbocycles. The molecular formula is C16H22N4O6S. The van der Waals surface area contributed by atoms with E-state index in [0.717, 1.165) is 4.90 Å². The van der Waals surface area contributed by atoms with E-state index >= 15 is 0 Å². The standard InChI is InChI=1S/C16H22N4O6S/c1-25-13-5-6-14(18-17-13)26-12-7-8-19(11-12)27(23,24)10-9-20-15(21)3-2-4-16(20)22/h5-6,12H,2-4,7-11H2,1H3. The average Bonchev–Trinajstić information content (AvgIpc) is 3.11. The highest BCUT2D eigenvalue weighted by molar-refractivity contribution is 7.89. The maximum atomic E-state index is 12.5. The third-order valence-electron chi connectivity index (χ3n) is 4.57. The Balaban J connectivity index is 1.53. The molecule has 1 atom stereocenters. The highest BCUT2D eigenvalue weighted by atomic mass is 32.2. The first-order chi connectivity index (χ1) is 12.9. The van der Waals surface area contributed by atoms with Crippen LogP contribution in [-0.4, -0.2) is 78.2 Å². The number of ether oxygens (including phenoxy) is 2. The van der Waals surface area contributed by atoms with Crippen molar-refractivity contribution in [3.8, 4) is 11.8 Å². The van der Waals surface area contributed by atoms with Crippen LogP contribution in [0.1, 0.15) is 25.7 Å². The summed E-state index contributed by atoms with van der Waals surface area (Å²) in [6.45, 7) is 0.405. The minimum atomic E-state index is -3.59. The van der Waals surface area contributed by atoms with Gasteiger partial charge in [0.05, 0.1) is 19.4 Å². The van der Waals surface area contributed by atoms with Gasteiger partial charge >= 0.3 is 0 Å². The number of hydrogen-bond acceptors (Lipinski definition) is 8. The molecule has 3 rings (SSSR count). The number of imide groups is 1. The molecule has 0 bridgehead atoms. The molecule has 0 aromatic carbocycles. The second-order valence-corrected chi connectivity index (χ2v) is 8.50. The first-order valence-electron chi connectivity index (χ1n) is 8.74. The Labute approximate surface area is 157 Å². The molecule has 10 nitrogen and oxygen atoms in total. The number of aromatic nitrogens is 2. The van der Waals surface area contributed by atoms with Crippen molar-refractivity contribution >= 4 is 21.8 Å². The lowest BCUT2D eigenvalue weighted by Gasteiger charge is -2.25. The number of sulfonamides is 1. The van der Waals surface area contributed by atoms with E-state index in [0.29, 0.717) is 31.1 Å². The summed E-state index contributed by atoms with van der Waals surface area (Å²) >= 11 is 0. The van der Waals surface area contributed by atoms with E-state index in [1.165, 1.54) is 11.4 Å². The molecule has 3 heterocycles. The van der Waals surface area contributed by atoms with Gasteiger partial charge in [-0.15, -0.1) is 10.2 Å². The third kappa shape index (κ3) is 4.72. The number of nitrogens with zero attached hydrogens (tertiary/aromatic N) is 4. The molecule has 148 valence electrons. The van der Waals surface area contributed by atoms with Crippen LogP contribution < -0.4 is 9.47 Å². The summed E-state index contributed by atoms with van der Waals surface area (Å²) in [4.78, 5) is 24.7. The van der Waals surface area contributed by atoms with Crippen LogP contribution in [0.15, 0.2) is 12.1 Å². The maximum absolute atomic E-state index is 12.5. The average molecular weight is 398 g/mol. The zero-order valence-electron chi connectivity index (χ0n) is 15.0. The number of carbonyl (C=O) groups is 2. The Bertz CT molecular complexity index is 782. The van der Waals surface area contributed by atoms with E-state index in [4.69, 9.17) is 9.47 Å². The van der Waals surface area contributed by atoms with Crippen LogP contribution in [0.3, 0.4) is 0 Å². The predicted octanol–water partition coefficient (Wildman–Crippen LogP) is -0.193. The van der Waals surface area contributed by atoms with Gasteiger partial charge in [-0.2, -0.15) is 4.31 Å². The van der Waals surface area contributed by atoms with E-state index in [1.54, 1.807) is 12.1 Å². The van der Waals surface area contributed by atoms with E-state index in [9.17, 15) is 18.0 Å². The van der Waals surface area contributed by atoms with Crippen LogP contribution in [0.4, 0.5) is 0 Å². The van der Waals surface area contributed by atoms with Crippen molar-refractivity contribution in [1.29, 1.82) is 0 Å². The van der Waals surface area contributed by atoms with Crippen LogP contribution in [0, 0.1) is 0 Å². The SMILES string of the molecule is COc1ccc(OC2CCN(S(=O)(=O)CCN3C(=O)CCCC3=O)C2)nn1. The molecular weight excluding hydrogens is 376 g/mol. The van der Waals surface area contributed by atoms with Gasteiger partial charge in [0.15, 0.2) is 0 Å². The van der Waals surface area contributed by atoms with Crippen molar-refractivity contribution in [2.24, 2.45) is 0 Å². The van der Waals surface area contributed by atoms with Crippen molar-refractivity contribution in [2.75, 3.05) is 32.5 Å². The van der Waals surface area contributed by atoms with Crippen LogP contribution in [-0.2, 0) is 19.6 Å². The lowest BCUT2D eigenvalue weighted by atomic mass is 10.1. The summed E-state index contributed by atoms with van der Waals surface area (Å²) in [5, 5.41) is 7.67. The molecule has 0 N–H and O–H groups in total. The smallest absolute Gasteiger partial charge is 0.233 e. The van der Waals surface area contributed by atoms with Gasteiger partial charge in [-0.05, 0) is 12.8 Å². The van der Waals surface area contributed by atoms with Crippen LogP contribution in [0.2, 0.25) is 0 Å². The van der Waals surface area contributed by atoms with Gasteiger partial charge in [-0.25, -0.2) is 8.42 Å². The minimum absolute atomic E-state index is 0.105. The lowest BCUT2D eigenvalue weighted by molar-refractivity contribution is -0.147. The molecule has 0 spiro atoms. The van der Waals surface area contributed by atoms with E-state index < -0.39 is 10.0 Å². The van der Waals surface area contributed by atoms with E-state index in [1.807, 2.05) is 0 Å². The largest absolute Gasteiger partial charge is 0.480 e. The molecule has 2 fully saturated rings. The second kappa shape index (κ2) is 8.17. The Morgan fingerprint density at radius 1 is 1.15 bits per heavy atom. The molecule has 2 aliphatic rings. The number of carbonyl (C=O) groups excluding carboxylic acids is 2. The highest BCUT2D eigenvalue weighted by Gasteiger charge is 2.34. The van der Waals surface area contributed by atoms with Crippen molar-refractivity contribution in [3.05, 3.63) is 12.1 Å². The first-order valence-corrected chi connectivity index (χ1v) is 10.4. The van der Waals surface area contributed by atoms with Gasteiger partial charge in [-0.1, -0.05) is 0 Å². The zero-order valence-corrected chi connectivity index (χ0v) is 15.9. The molecule has 1 aromatic heterocycles. The van der Waals surface area contributed by atoms with Gasteiger partial charge in [0.25, 0.3) is 0 Å². The van der Waals surface area contributed by atoms with E-state index in [2.05, 4.69) is 10.2 Å². The number of likely N-dealkylation sites (tertiary alicyclic amines) is 1. The molecule has 0 radical (unpaired) electrons. The Kier molecular flexibility index (Phi) is 5.90. The summed E-state index contributed by atoms with van der Waals surface area (Å²) in [5.41, 5.74) is 0. The zero-order chi connectivity index (χ0) is 19.4. The summed E-state index contributed by atoms with van der Waals surface area (Å²) in [7, 11) is -2.11. The molecule has 27 heavy (non-hydrogen) atoms. The molecule has 1 aromatic rings. The second-order valence-electron chi connectivity index (χ2n) is 6.41. The Morgan fingerprint density at radius 2 is 1.81 bits per heavy atom. The summed E-state index contributed by atoms with van der Waals surface area (Å²) in [6.07, 6.45) is 1.29. The van der Waals surface area contributed by atoms with Gasteiger partial charge in [-0.3, -0.25) is 14.5 Å². The fourth-order valence-corrected chi connectivity index (χ4v) is 4.53. The first kappa shape index (κ1) is 19.5. The lowest BCUT2D eigenvalue weighted by Crippen LogP contribution is -2.44. The normalized spacial score (nSPS) is 21.5. The number of piperidine rings is 1. The molecule has 11 heteroatoms. The van der Waals surface area contributed by atoms with Gasteiger partial charge in [0.2, 0.25) is 33.6 Å². The van der Waals surface area contributed by atoms with Crippen molar-refractivity contribution in [2.45, 2.75) is 31.8 Å². The molecule has 1 unspecified atom stereocenters. The fourth-order valence-electron chi connectivity index (χ4n) is 3.08. The molecule has 2 amide bonds. The van der Waals surface area contributed by atoms with Gasteiger partial charge in [0, 0.05) is 38.1 Å². The summed E-state index contributed by atoms with van der Waals surface area (Å²) < 4.78 is 37.0. The number of methoxy groups -OCH3 is 1. The van der Waals surface area contributed by atoms with Gasteiger partial charge in [0.1, 0.15) is 6.10 Å². The third-order valence-corrected chi connectivity index (χ3v) is 6.39. The number of amides is 2. The van der Waals surface area contributed by atoms with Crippen LogP contribution in [0.5, 0.6) is 11.8 Å². The molecule has 2 aliphatic heterocycles. The predicted molar refractivity (Wildman–Crippen MR) is 93.5 cm³/mol. The Hall–Kier alpha value is -2.27. The Morgan fingerprint density at radius 3 is 2.44 bits per heavy atom. The molecule has 2 saturated heterocycles. The maximum Gasteiger partial charge on any atom is 0.233 e. The summed E-state index contributed by atoms with van der Waals surface area (Å²) in [6, 6.07) is 3.22. The quantitative estimate of drug-likeness (QED) is 0.580. The van der Waals surface area contributed by atoms with Gasteiger partial charge < -0.3 is 9.47 Å². The van der Waals surface area contributed by atoms with Crippen molar-refractivity contribution < 1.29 is 27.5 Å².